The lowest BCUT2D eigenvalue weighted by Gasteiger charge is -2.13. The summed E-state index contributed by atoms with van der Waals surface area (Å²) in [5.74, 6) is 0.865. The Balaban J connectivity index is 1.81. The standard InChI is InChI=1S/C18H24N4O2S/c1-12-5-4-6-14(11-12)16-20-21-18(22(16)9-10-24-3)25-13(2)17(23)19-15-7-8-15/h4-6,11,13,15H,7-10H2,1-3H3,(H,19,23)/t13-/m0/s1. The van der Waals surface area contributed by atoms with Gasteiger partial charge in [-0.1, -0.05) is 35.5 Å². The average Bonchev–Trinajstić information content (AvgIpc) is 3.32. The number of carbonyl (C=O) groups excluding carboxylic acids is 1. The van der Waals surface area contributed by atoms with Crippen molar-refractivity contribution in [2.45, 2.75) is 49.7 Å². The van der Waals surface area contributed by atoms with Crippen LogP contribution < -0.4 is 5.32 Å². The first-order valence-electron chi connectivity index (χ1n) is 8.54. The van der Waals surface area contributed by atoms with Crippen molar-refractivity contribution in [3.05, 3.63) is 29.8 Å². The second-order valence-corrected chi connectivity index (χ2v) is 7.67. The van der Waals surface area contributed by atoms with Crippen molar-refractivity contribution in [3.63, 3.8) is 0 Å². The maximum absolute atomic E-state index is 12.2. The van der Waals surface area contributed by atoms with Crippen LogP contribution in [0.3, 0.4) is 0 Å². The van der Waals surface area contributed by atoms with Gasteiger partial charge < -0.3 is 10.1 Å². The zero-order valence-electron chi connectivity index (χ0n) is 14.9. The van der Waals surface area contributed by atoms with Crippen molar-refractivity contribution in [2.75, 3.05) is 13.7 Å². The summed E-state index contributed by atoms with van der Waals surface area (Å²) in [4.78, 5) is 12.2. The number of thioether (sulfide) groups is 1. The van der Waals surface area contributed by atoms with Crippen LogP contribution in [0.25, 0.3) is 11.4 Å². The first-order valence-corrected chi connectivity index (χ1v) is 9.42. The minimum Gasteiger partial charge on any atom is -0.383 e. The quantitative estimate of drug-likeness (QED) is 0.733. The maximum Gasteiger partial charge on any atom is 0.233 e. The van der Waals surface area contributed by atoms with Gasteiger partial charge in [0.15, 0.2) is 11.0 Å². The second-order valence-electron chi connectivity index (χ2n) is 6.36. The fourth-order valence-corrected chi connectivity index (χ4v) is 3.40. The Morgan fingerprint density at radius 3 is 2.92 bits per heavy atom. The van der Waals surface area contributed by atoms with E-state index in [9.17, 15) is 4.79 Å². The van der Waals surface area contributed by atoms with Gasteiger partial charge in [-0.15, -0.1) is 10.2 Å². The molecule has 6 nitrogen and oxygen atoms in total. The molecule has 1 atom stereocenters. The third-order valence-corrected chi connectivity index (χ3v) is 5.17. The van der Waals surface area contributed by atoms with Gasteiger partial charge in [-0.2, -0.15) is 0 Å². The molecule has 0 bridgehead atoms. The Morgan fingerprint density at radius 1 is 1.44 bits per heavy atom. The molecule has 2 aromatic rings. The van der Waals surface area contributed by atoms with Gasteiger partial charge in [-0.25, -0.2) is 0 Å². The van der Waals surface area contributed by atoms with Gasteiger partial charge in [0.05, 0.1) is 18.4 Å². The summed E-state index contributed by atoms with van der Waals surface area (Å²) < 4.78 is 7.26. The first kappa shape index (κ1) is 17.9. The lowest BCUT2D eigenvalue weighted by atomic mass is 10.1. The van der Waals surface area contributed by atoms with Crippen LogP contribution in [0.1, 0.15) is 25.3 Å². The molecule has 0 unspecified atom stereocenters. The maximum atomic E-state index is 12.2. The van der Waals surface area contributed by atoms with Crippen molar-refractivity contribution in [2.24, 2.45) is 0 Å². The number of hydrogen-bond acceptors (Lipinski definition) is 5. The lowest BCUT2D eigenvalue weighted by Crippen LogP contribution is -2.32. The van der Waals surface area contributed by atoms with Gasteiger partial charge in [0.25, 0.3) is 0 Å². The van der Waals surface area contributed by atoms with Crippen LogP contribution in [0, 0.1) is 6.92 Å². The molecule has 134 valence electrons. The van der Waals surface area contributed by atoms with Gasteiger partial charge in [0.1, 0.15) is 0 Å². The Labute approximate surface area is 152 Å². The van der Waals surface area contributed by atoms with E-state index >= 15 is 0 Å². The number of methoxy groups -OCH3 is 1. The molecule has 0 saturated heterocycles. The minimum absolute atomic E-state index is 0.0610. The Kier molecular flexibility index (Phi) is 5.75. The van der Waals surface area contributed by atoms with Crippen LogP contribution in [0.5, 0.6) is 0 Å². The highest BCUT2D eigenvalue weighted by Gasteiger charge is 2.27. The van der Waals surface area contributed by atoms with Crippen LogP contribution in [0.2, 0.25) is 0 Å². The van der Waals surface area contributed by atoms with E-state index in [1.807, 2.05) is 23.6 Å². The number of ether oxygens (including phenoxy) is 1. The van der Waals surface area contributed by atoms with E-state index in [4.69, 9.17) is 4.74 Å². The smallest absolute Gasteiger partial charge is 0.233 e. The largest absolute Gasteiger partial charge is 0.383 e. The fraction of sp³-hybridized carbons (Fsp3) is 0.500. The Hall–Kier alpha value is -1.86. The number of amides is 1. The minimum atomic E-state index is -0.212. The zero-order chi connectivity index (χ0) is 17.8. The highest BCUT2D eigenvalue weighted by atomic mass is 32.2. The number of benzene rings is 1. The molecule has 1 saturated carbocycles. The molecule has 25 heavy (non-hydrogen) atoms. The number of rotatable bonds is 8. The van der Waals surface area contributed by atoms with Crippen LogP contribution in [0.15, 0.2) is 29.4 Å². The SMILES string of the molecule is COCCn1c(S[C@@H](C)C(=O)NC2CC2)nnc1-c1cccc(C)c1. The fourth-order valence-electron chi connectivity index (χ4n) is 2.52. The predicted molar refractivity (Wildman–Crippen MR) is 98.6 cm³/mol. The number of nitrogens with one attached hydrogen (secondary N) is 1. The van der Waals surface area contributed by atoms with Crippen LogP contribution >= 0.6 is 11.8 Å². The van der Waals surface area contributed by atoms with Gasteiger partial charge in [0, 0.05) is 18.7 Å². The molecule has 1 fully saturated rings. The Morgan fingerprint density at radius 2 is 2.24 bits per heavy atom. The first-order chi connectivity index (χ1) is 12.1. The summed E-state index contributed by atoms with van der Waals surface area (Å²) >= 11 is 1.44. The molecule has 1 amide bonds. The third kappa shape index (κ3) is 4.61. The van der Waals surface area contributed by atoms with Crippen LogP contribution in [-0.2, 0) is 16.1 Å². The molecule has 1 aliphatic rings. The van der Waals surface area contributed by atoms with Crippen molar-refractivity contribution in [1.82, 2.24) is 20.1 Å². The molecule has 0 radical (unpaired) electrons. The molecule has 1 aromatic carbocycles. The van der Waals surface area contributed by atoms with E-state index in [-0.39, 0.29) is 11.2 Å². The van der Waals surface area contributed by atoms with Crippen LogP contribution in [0.4, 0.5) is 0 Å². The lowest BCUT2D eigenvalue weighted by molar-refractivity contribution is -0.120. The van der Waals surface area contributed by atoms with E-state index in [0.29, 0.717) is 19.2 Å². The van der Waals surface area contributed by atoms with Gasteiger partial charge >= 0.3 is 0 Å². The van der Waals surface area contributed by atoms with Crippen molar-refractivity contribution >= 4 is 17.7 Å². The van der Waals surface area contributed by atoms with Gasteiger partial charge in [-0.05, 0) is 32.8 Å². The monoisotopic (exact) mass is 360 g/mol. The number of aromatic nitrogens is 3. The average molecular weight is 360 g/mol. The molecule has 1 aliphatic carbocycles. The summed E-state index contributed by atoms with van der Waals surface area (Å²) in [5.41, 5.74) is 2.19. The molecule has 0 spiro atoms. The summed E-state index contributed by atoms with van der Waals surface area (Å²) in [6.45, 7) is 5.17. The summed E-state index contributed by atoms with van der Waals surface area (Å²) in [6, 6.07) is 8.55. The molecule has 1 N–H and O–H groups in total. The number of hydrogen-bond donors (Lipinski definition) is 1. The molecule has 3 rings (SSSR count). The molecular weight excluding hydrogens is 336 g/mol. The predicted octanol–water partition coefficient (Wildman–Crippen LogP) is 2.66. The molecular formula is C18H24N4O2S. The number of carbonyl (C=O) groups is 1. The summed E-state index contributed by atoms with van der Waals surface area (Å²) in [7, 11) is 1.68. The number of aryl methyl sites for hydroxylation is 1. The van der Waals surface area contributed by atoms with Gasteiger partial charge in [-0.3, -0.25) is 9.36 Å². The Bertz CT molecular complexity index is 742. The molecule has 0 aliphatic heterocycles. The van der Waals surface area contributed by atoms with Crippen molar-refractivity contribution in [1.29, 1.82) is 0 Å². The molecule has 1 aromatic heterocycles. The van der Waals surface area contributed by atoms with E-state index in [1.165, 1.54) is 17.3 Å². The van der Waals surface area contributed by atoms with E-state index in [0.717, 1.165) is 29.4 Å². The topological polar surface area (TPSA) is 69.0 Å². The van der Waals surface area contributed by atoms with Crippen LogP contribution in [-0.4, -0.2) is 45.7 Å². The normalized spacial score (nSPS) is 15.2. The third-order valence-electron chi connectivity index (χ3n) is 4.09. The van der Waals surface area contributed by atoms with E-state index in [1.54, 1.807) is 7.11 Å². The second kappa shape index (κ2) is 8.01. The number of nitrogens with zero attached hydrogens (tertiary/aromatic N) is 3. The highest BCUT2D eigenvalue weighted by Crippen LogP contribution is 2.28. The summed E-state index contributed by atoms with van der Waals surface area (Å²) in [5, 5.41) is 12.3. The van der Waals surface area contributed by atoms with Crippen molar-refractivity contribution in [3.8, 4) is 11.4 Å². The molecule has 7 heteroatoms. The zero-order valence-corrected chi connectivity index (χ0v) is 15.7. The van der Waals surface area contributed by atoms with E-state index < -0.39 is 0 Å². The van der Waals surface area contributed by atoms with Crippen molar-refractivity contribution < 1.29 is 9.53 Å². The molecule has 1 heterocycles. The summed E-state index contributed by atoms with van der Waals surface area (Å²) in [6.07, 6.45) is 2.18. The van der Waals surface area contributed by atoms with E-state index in [2.05, 4.69) is 34.6 Å². The highest BCUT2D eigenvalue weighted by molar-refractivity contribution is 8.00. The van der Waals surface area contributed by atoms with Gasteiger partial charge in [0.2, 0.25) is 5.91 Å².